The standard InChI is InChI=1S/C26H29ClN4O3/c1-16(26-30-14-23(31-26)25(28)33)11-24(32)21-13-29-22-9-6-18(12-20(21)22)15-34-10-2-3-17-4-7-19(27)8-5-17/h4-9,12-14,16,24,29,32H,2-3,10-11,15H2,1H3,(H2,28,33)(H,30,31)/t16?,24-/m1/s1. The van der Waals surface area contributed by atoms with E-state index in [4.69, 9.17) is 22.1 Å². The Labute approximate surface area is 203 Å². The van der Waals surface area contributed by atoms with Gasteiger partial charge in [-0.3, -0.25) is 4.79 Å². The number of nitrogens with one attached hydrogen (secondary N) is 2. The van der Waals surface area contributed by atoms with Gasteiger partial charge in [-0.1, -0.05) is 36.7 Å². The van der Waals surface area contributed by atoms with E-state index in [-0.39, 0.29) is 11.6 Å². The van der Waals surface area contributed by atoms with Gasteiger partial charge in [-0.15, -0.1) is 0 Å². The number of aliphatic hydroxyl groups excluding tert-OH is 1. The van der Waals surface area contributed by atoms with Crippen molar-refractivity contribution >= 4 is 28.4 Å². The average Bonchev–Trinajstić information content (AvgIpc) is 3.48. The number of primary amides is 1. The number of ether oxygens (including phenoxy) is 1. The number of carbonyl (C=O) groups is 1. The summed E-state index contributed by atoms with van der Waals surface area (Å²) in [6.45, 7) is 3.12. The van der Waals surface area contributed by atoms with E-state index in [1.807, 2.05) is 49.5 Å². The number of halogens is 1. The van der Waals surface area contributed by atoms with Crippen LogP contribution in [0.3, 0.4) is 0 Å². The molecule has 7 nitrogen and oxygen atoms in total. The minimum Gasteiger partial charge on any atom is -0.388 e. The fourth-order valence-electron chi connectivity index (χ4n) is 4.06. The van der Waals surface area contributed by atoms with Crippen LogP contribution in [0.2, 0.25) is 5.02 Å². The Morgan fingerprint density at radius 2 is 1.91 bits per heavy atom. The maximum Gasteiger partial charge on any atom is 0.268 e. The lowest BCUT2D eigenvalue weighted by Gasteiger charge is -2.15. The first-order chi connectivity index (χ1) is 16.4. The Balaban J connectivity index is 1.33. The minimum atomic E-state index is -0.693. The number of amides is 1. The molecule has 8 heteroatoms. The molecule has 0 bridgehead atoms. The molecule has 0 aliphatic rings. The molecule has 0 saturated heterocycles. The van der Waals surface area contributed by atoms with E-state index < -0.39 is 12.0 Å². The third-order valence-corrected chi connectivity index (χ3v) is 6.22. The number of benzene rings is 2. The van der Waals surface area contributed by atoms with E-state index in [9.17, 15) is 9.90 Å². The number of aromatic amines is 2. The summed E-state index contributed by atoms with van der Waals surface area (Å²) in [6, 6.07) is 14.0. The van der Waals surface area contributed by atoms with Crippen LogP contribution < -0.4 is 5.73 Å². The van der Waals surface area contributed by atoms with Crippen LogP contribution in [0.4, 0.5) is 0 Å². The molecule has 1 unspecified atom stereocenters. The molecule has 0 radical (unpaired) electrons. The molecule has 0 fully saturated rings. The van der Waals surface area contributed by atoms with E-state index in [1.165, 1.54) is 11.8 Å². The van der Waals surface area contributed by atoms with Gasteiger partial charge in [0.25, 0.3) is 5.91 Å². The van der Waals surface area contributed by atoms with Crippen molar-refractivity contribution in [2.45, 2.75) is 44.8 Å². The third-order valence-electron chi connectivity index (χ3n) is 5.97. The van der Waals surface area contributed by atoms with Crippen molar-refractivity contribution in [3.05, 3.63) is 88.1 Å². The lowest BCUT2D eigenvalue weighted by molar-refractivity contribution is 0.0996. The number of nitrogens with zero attached hydrogens (tertiary/aromatic N) is 1. The van der Waals surface area contributed by atoms with E-state index in [1.54, 1.807) is 0 Å². The number of nitrogens with two attached hydrogens (primary N) is 1. The van der Waals surface area contributed by atoms with Crippen LogP contribution in [0.15, 0.2) is 54.9 Å². The number of hydrogen-bond donors (Lipinski definition) is 4. The number of aliphatic hydroxyl groups is 1. The number of aromatic nitrogens is 3. The number of aryl methyl sites for hydroxylation is 1. The number of H-pyrrole nitrogens is 2. The number of carbonyl (C=O) groups excluding carboxylic acids is 1. The van der Waals surface area contributed by atoms with Crippen molar-refractivity contribution < 1.29 is 14.6 Å². The molecule has 2 atom stereocenters. The van der Waals surface area contributed by atoms with E-state index in [2.05, 4.69) is 21.0 Å². The molecule has 2 heterocycles. The van der Waals surface area contributed by atoms with Crippen molar-refractivity contribution in [3.63, 3.8) is 0 Å². The zero-order chi connectivity index (χ0) is 24.1. The quantitative estimate of drug-likeness (QED) is 0.225. The summed E-state index contributed by atoms with van der Waals surface area (Å²) in [7, 11) is 0. The largest absolute Gasteiger partial charge is 0.388 e. The second-order valence-electron chi connectivity index (χ2n) is 8.59. The van der Waals surface area contributed by atoms with Gasteiger partial charge < -0.3 is 25.5 Å². The topological polar surface area (TPSA) is 117 Å². The van der Waals surface area contributed by atoms with Crippen molar-refractivity contribution in [2.24, 2.45) is 5.73 Å². The highest BCUT2D eigenvalue weighted by molar-refractivity contribution is 6.30. The summed E-state index contributed by atoms with van der Waals surface area (Å²) in [6.07, 6.45) is 4.97. The summed E-state index contributed by atoms with van der Waals surface area (Å²) in [5, 5.41) is 12.6. The smallest absolute Gasteiger partial charge is 0.268 e. The number of rotatable bonds is 11. The first-order valence-electron chi connectivity index (χ1n) is 11.4. The summed E-state index contributed by atoms with van der Waals surface area (Å²) in [4.78, 5) is 21.7. The maximum absolute atomic E-state index is 11.3. The van der Waals surface area contributed by atoms with Crippen molar-refractivity contribution in [1.82, 2.24) is 15.0 Å². The van der Waals surface area contributed by atoms with E-state index in [0.29, 0.717) is 25.5 Å². The highest BCUT2D eigenvalue weighted by Crippen LogP contribution is 2.31. The maximum atomic E-state index is 11.3. The van der Waals surface area contributed by atoms with Crippen molar-refractivity contribution in [1.29, 1.82) is 0 Å². The van der Waals surface area contributed by atoms with Gasteiger partial charge in [-0.25, -0.2) is 4.98 Å². The van der Waals surface area contributed by atoms with Crippen LogP contribution in [0.25, 0.3) is 10.9 Å². The second kappa shape index (κ2) is 10.9. The van der Waals surface area contributed by atoms with Crippen LogP contribution in [0.5, 0.6) is 0 Å². The highest BCUT2D eigenvalue weighted by atomic mass is 35.5. The summed E-state index contributed by atoms with van der Waals surface area (Å²) >= 11 is 5.93. The molecular formula is C26H29ClN4O3. The second-order valence-corrected chi connectivity index (χ2v) is 9.03. The number of hydrogen-bond acceptors (Lipinski definition) is 4. The highest BCUT2D eigenvalue weighted by Gasteiger charge is 2.20. The fraction of sp³-hybridized carbons (Fsp3) is 0.308. The van der Waals surface area contributed by atoms with Gasteiger partial charge in [-0.2, -0.15) is 0 Å². The van der Waals surface area contributed by atoms with Gasteiger partial charge in [0.1, 0.15) is 11.5 Å². The summed E-state index contributed by atoms with van der Waals surface area (Å²) in [5.74, 6) is -0.0350. The molecular weight excluding hydrogens is 452 g/mol. The molecule has 4 aromatic rings. The van der Waals surface area contributed by atoms with Gasteiger partial charge in [0, 0.05) is 46.4 Å². The first kappa shape index (κ1) is 24.0. The average molecular weight is 481 g/mol. The van der Waals surface area contributed by atoms with Crippen LogP contribution in [0, 0.1) is 0 Å². The number of fused-ring (bicyclic) bond motifs is 1. The zero-order valence-electron chi connectivity index (χ0n) is 19.1. The van der Waals surface area contributed by atoms with Crippen molar-refractivity contribution in [2.75, 3.05) is 6.61 Å². The van der Waals surface area contributed by atoms with Crippen LogP contribution in [-0.4, -0.2) is 32.6 Å². The lowest BCUT2D eigenvalue weighted by atomic mass is 9.97. The Morgan fingerprint density at radius 3 is 2.65 bits per heavy atom. The molecule has 178 valence electrons. The molecule has 0 spiro atoms. The fourth-order valence-corrected chi connectivity index (χ4v) is 4.19. The van der Waals surface area contributed by atoms with Gasteiger partial charge in [0.05, 0.1) is 12.7 Å². The summed E-state index contributed by atoms with van der Waals surface area (Å²) < 4.78 is 5.89. The zero-order valence-corrected chi connectivity index (χ0v) is 19.8. The van der Waals surface area contributed by atoms with Crippen LogP contribution in [0.1, 0.15) is 64.8 Å². The molecule has 0 aliphatic heterocycles. The Morgan fingerprint density at radius 1 is 1.15 bits per heavy atom. The Kier molecular flexibility index (Phi) is 7.67. The Hall–Kier alpha value is -3.13. The molecule has 0 saturated carbocycles. The molecule has 5 N–H and O–H groups in total. The van der Waals surface area contributed by atoms with E-state index >= 15 is 0 Å². The SMILES string of the molecule is CC(C[C@@H](O)c1c[nH]c2ccc(COCCCc3ccc(Cl)cc3)cc12)c1nc(C(N)=O)c[nH]1. The molecule has 2 aromatic carbocycles. The number of imidazole rings is 1. The van der Waals surface area contributed by atoms with Crippen LogP contribution >= 0.6 is 11.6 Å². The van der Waals surface area contributed by atoms with Crippen molar-refractivity contribution in [3.8, 4) is 0 Å². The minimum absolute atomic E-state index is 0.0831. The molecule has 2 aromatic heterocycles. The molecule has 4 rings (SSSR count). The van der Waals surface area contributed by atoms with Gasteiger partial charge in [0.15, 0.2) is 0 Å². The normalized spacial score (nSPS) is 13.3. The predicted molar refractivity (Wildman–Crippen MR) is 133 cm³/mol. The third kappa shape index (κ3) is 5.86. The van der Waals surface area contributed by atoms with Gasteiger partial charge in [0.2, 0.25) is 0 Å². The lowest BCUT2D eigenvalue weighted by Crippen LogP contribution is -2.11. The first-order valence-corrected chi connectivity index (χ1v) is 11.7. The molecule has 34 heavy (non-hydrogen) atoms. The predicted octanol–water partition coefficient (Wildman–Crippen LogP) is 5.02. The van der Waals surface area contributed by atoms with Crippen LogP contribution in [-0.2, 0) is 17.8 Å². The molecule has 1 amide bonds. The van der Waals surface area contributed by atoms with Gasteiger partial charge in [-0.05, 0) is 54.7 Å². The monoisotopic (exact) mass is 480 g/mol. The summed E-state index contributed by atoms with van der Waals surface area (Å²) in [5.41, 5.74) is 9.56. The Bertz CT molecular complexity index is 1250. The molecule has 0 aliphatic carbocycles. The van der Waals surface area contributed by atoms with E-state index in [0.717, 1.165) is 39.9 Å². The van der Waals surface area contributed by atoms with Gasteiger partial charge >= 0.3 is 0 Å².